The molecule has 0 radical (unpaired) electrons. The van der Waals surface area contributed by atoms with Crippen LogP contribution in [0.1, 0.15) is 25.3 Å². The molecule has 2 rings (SSSR count). The second-order valence-corrected chi connectivity index (χ2v) is 5.89. The summed E-state index contributed by atoms with van der Waals surface area (Å²) in [6.45, 7) is 5.61. The van der Waals surface area contributed by atoms with Crippen molar-refractivity contribution in [1.29, 1.82) is 0 Å². The van der Waals surface area contributed by atoms with E-state index < -0.39 is 0 Å². The SMILES string of the molecule is Cc1ccc(NC(=O)CN(C)[C@H](C)C(=O)N2CCCC2)nc1. The topological polar surface area (TPSA) is 65.5 Å². The number of nitrogens with zero attached hydrogens (tertiary/aromatic N) is 3. The second-order valence-electron chi connectivity index (χ2n) is 5.89. The number of aryl methyl sites for hydroxylation is 1. The van der Waals surface area contributed by atoms with Crippen molar-refractivity contribution in [2.24, 2.45) is 0 Å². The van der Waals surface area contributed by atoms with Crippen molar-refractivity contribution in [1.82, 2.24) is 14.8 Å². The first-order valence-electron chi connectivity index (χ1n) is 7.69. The summed E-state index contributed by atoms with van der Waals surface area (Å²) in [4.78, 5) is 32.1. The zero-order valence-electron chi connectivity index (χ0n) is 13.5. The van der Waals surface area contributed by atoms with E-state index in [9.17, 15) is 9.59 Å². The van der Waals surface area contributed by atoms with Gasteiger partial charge in [0.05, 0.1) is 12.6 Å². The summed E-state index contributed by atoms with van der Waals surface area (Å²) in [7, 11) is 1.79. The van der Waals surface area contributed by atoms with Crippen LogP contribution in [0.2, 0.25) is 0 Å². The number of anilines is 1. The quantitative estimate of drug-likeness (QED) is 0.890. The molecule has 1 aliphatic heterocycles. The Morgan fingerprint density at radius 1 is 1.36 bits per heavy atom. The number of likely N-dealkylation sites (N-methyl/N-ethyl adjacent to an activating group) is 1. The molecule has 2 amide bonds. The molecule has 1 aliphatic rings. The van der Waals surface area contributed by atoms with Crippen molar-refractivity contribution < 1.29 is 9.59 Å². The fourth-order valence-electron chi connectivity index (χ4n) is 2.48. The molecular weight excluding hydrogens is 280 g/mol. The predicted octanol–water partition coefficient (Wildman–Crippen LogP) is 1.27. The number of hydrogen-bond donors (Lipinski definition) is 1. The van der Waals surface area contributed by atoms with Crippen LogP contribution in [-0.4, -0.2) is 59.3 Å². The molecular formula is C16H24N4O2. The van der Waals surface area contributed by atoms with Gasteiger partial charge in [0.2, 0.25) is 11.8 Å². The molecule has 0 aliphatic carbocycles. The molecule has 1 saturated heterocycles. The fraction of sp³-hybridized carbons (Fsp3) is 0.562. The largest absolute Gasteiger partial charge is 0.341 e. The van der Waals surface area contributed by atoms with Crippen molar-refractivity contribution >= 4 is 17.6 Å². The van der Waals surface area contributed by atoms with Gasteiger partial charge in [0.25, 0.3) is 0 Å². The van der Waals surface area contributed by atoms with Gasteiger partial charge < -0.3 is 10.2 Å². The highest BCUT2D eigenvalue weighted by atomic mass is 16.2. The minimum absolute atomic E-state index is 0.0984. The molecule has 120 valence electrons. The Bertz CT molecular complexity index is 523. The average molecular weight is 304 g/mol. The smallest absolute Gasteiger partial charge is 0.239 e. The maximum Gasteiger partial charge on any atom is 0.239 e. The molecule has 0 spiro atoms. The Labute approximate surface area is 131 Å². The third kappa shape index (κ3) is 4.27. The van der Waals surface area contributed by atoms with Crippen molar-refractivity contribution in [3.05, 3.63) is 23.9 Å². The number of carbonyl (C=O) groups is 2. The Morgan fingerprint density at radius 2 is 2.05 bits per heavy atom. The van der Waals surface area contributed by atoms with Crippen LogP contribution in [0.15, 0.2) is 18.3 Å². The Morgan fingerprint density at radius 3 is 2.64 bits per heavy atom. The summed E-state index contributed by atoms with van der Waals surface area (Å²) in [6, 6.07) is 3.37. The van der Waals surface area contributed by atoms with Crippen LogP contribution in [-0.2, 0) is 9.59 Å². The van der Waals surface area contributed by atoms with Crippen LogP contribution in [0.4, 0.5) is 5.82 Å². The van der Waals surface area contributed by atoms with Gasteiger partial charge in [-0.15, -0.1) is 0 Å². The Kier molecular flexibility index (Phi) is 5.49. The minimum atomic E-state index is -0.296. The van der Waals surface area contributed by atoms with E-state index in [1.54, 1.807) is 24.2 Å². The number of pyridine rings is 1. The average Bonchev–Trinajstić information content (AvgIpc) is 3.02. The third-order valence-corrected chi connectivity index (χ3v) is 4.01. The first kappa shape index (κ1) is 16.4. The Hall–Kier alpha value is -1.95. The van der Waals surface area contributed by atoms with E-state index >= 15 is 0 Å². The number of hydrogen-bond acceptors (Lipinski definition) is 4. The summed E-state index contributed by atoms with van der Waals surface area (Å²) in [5, 5.41) is 2.75. The van der Waals surface area contributed by atoms with E-state index in [4.69, 9.17) is 0 Å². The second kappa shape index (κ2) is 7.35. The van der Waals surface area contributed by atoms with E-state index in [0.29, 0.717) is 5.82 Å². The molecule has 1 N–H and O–H groups in total. The van der Waals surface area contributed by atoms with Crippen LogP contribution in [0.25, 0.3) is 0 Å². The van der Waals surface area contributed by atoms with Crippen molar-refractivity contribution in [3.8, 4) is 0 Å². The zero-order valence-corrected chi connectivity index (χ0v) is 13.5. The number of amides is 2. The molecule has 2 heterocycles. The first-order chi connectivity index (χ1) is 10.5. The van der Waals surface area contributed by atoms with Gasteiger partial charge in [-0.3, -0.25) is 14.5 Å². The van der Waals surface area contributed by atoms with Crippen molar-refractivity contribution in [3.63, 3.8) is 0 Å². The number of rotatable bonds is 5. The molecule has 0 unspecified atom stereocenters. The van der Waals surface area contributed by atoms with Gasteiger partial charge in [0.1, 0.15) is 5.82 Å². The lowest BCUT2D eigenvalue weighted by molar-refractivity contribution is -0.135. The van der Waals surface area contributed by atoms with E-state index in [0.717, 1.165) is 31.5 Å². The van der Waals surface area contributed by atoms with Crippen LogP contribution in [0.3, 0.4) is 0 Å². The molecule has 1 aromatic rings. The van der Waals surface area contributed by atoms with Crippen LogP contribution in [0.5, 0.6) is 0 Å². The van der Waals surface area contributed by atoms with Gasteiger partial charge >= 0.3 is 0 Å². The van der Waals surface area contributed by atoms with E-state index in [-0.39, 0.29) is 24.4 Å². The van der Waals surface area contributed by atoms with Gasteiger partial charge in [0, 0.05) is 19.3 Å². The maximum atomic E-state index is 12.3. The maximum absolute atomic E-state index is 12.3. The number of carbonyl (C=O) groups excluding carboxylic acids is 2. The van der Waals surface area contributed by atoms with E-state index in [1.165, 1.54) is 0 Å². The van der Waals surface area contributed by atoms with Gasteiger partial charge in [-0.2, -0.15) is 0 Å². The number of nitrogens with one attached hydrogen (secondary N) is 1. The number of aromatic nitrogens is 1. The van der Waals surface area contributed by atoms with Crippen LogP contribution in [0, 0.1) is 6.92 Å². The molecule has 0 saturated carbocycles. The molecule has 22 heavy (non-hydrogen) atoms. The van der Waals surface area contributed by atoms with Crippen molar-refractivity contribution in [2.45, 2.75) is 32.7 Å². The lowest BCUT2D eigenvalue weighted by Gasteiger charge is -2.27. The summed E-state index contributed by atoms with van der Waals surface area (Å²) < 4.78 is 0. The van der Waals surface area contributed by atoms with Gasteiger partial charge in [0.15, 0.2) is 0 Å². The number of likely N-dealkylation sites (tertiary alicyclic amines) is 1. The normalized spacial score (nSPS) is 15.9. The lowest BCUT2D eigenvalue weighted by atomic mass is 10.2. The molecule has 0 aromatic carbocycles. The summed E-state index contributed by atoms with van der Waals surface area (Å²) in [6.07, 6.45) is 3.85. The highest BCUT2D eigenvalue weighted by Crippen LogP contribution is 2.11. The van der Waals surface area contributed by atoms with Crippen LogP contribution >= 0.6 is 0 Å². The van der Waals surface area contributed by atoms with Crippen LogP contribution < -0.4 is 5.32 Å². The molecule has 6 nitrogen and oxygen atoms in total. The molecule has 0 bridgehead atoms. The summed E-state index contributed by atoms with van der Waals surface area (Å²) in [5.41, 5.74) is 1.04. The predicted molar refractivity (Wildman–Crippen MR) is 85.5 cm³/mol. The molecule has 1 atom stereocenters. The monoisotopic (exact) mass is 304 g/mol. The highest BCUT2D eigenvalue weighted by Gasteiger charge is 2.26. The molecule has 1 aromatic heterocycles. The molecule has 6 heteroatoms. The fourth-order valence-corrected chi connectivity index (χ4v) is 2.48. The van der Waals surface area contributed by atoms with E-state index in [2.05, 4.69) is 10.3 Å². The van der Waals surface area contributed by atoms with Crippen molar-refractivity contribution in [2.75, 3.05) is 32.0 Å². The van der Waals surface area contributed by atoms with Gasteiger partial charge in [-0.1, -0.05) is 6.07 Å². The van der Waals surface area contributed by atoms with Gasteiger partial charge in [-0.25, -0.2) is 4.98 Å². The first-order valence-corrected chi connectivity index (χ1v) is 7.69. The summed E-state index contributed by atoms with van der Waals surface area (Å²) in [5.74, 6) is 0.462. The zero-order chi connectivity index (χ0) is 16.1. The third-order valence-electron chi connectivity index (χ3n) is 4.01. The van der Waals surface area contributed by atoms with Gasteiger partial charge in [-0.05, 0) is 45.4 Å². The molecule has 1 fully saturated rings. The lowest BCUT2D eigenvalue weighted by Crippen LogP contribution is -2.46. The van der Waals surface area contributed by atoms with E-state index in [1.807, 2.05) is 24.8 Å². The standard InChI is InChI=1S/C16H24N4O2/c1-12-6-7-14(17-10-12)18-15(21)11-19(3)13(2)16(22)20-8-4-5-9-20/h6-7,10,13H,4-5,8-9,11H2,1-3H3,(H,17,18,21)/t13-/m1/s1. The minimum Gasteiger partial charge on any atom is -0.341 e. The Balaban J connectivity index is 1.84. The summed E-state index contributed by atoms with van der Waals surface area (Å²) >= 11 is 0. The highest BCUT2D eigenvalue weighted by molar-refractivity contribution is 5.92.